The van der Waals surface area contributed by atoms with E-state index in [0.717, 1.165) is 31.2 Å². The third-order valence-corrected chi connectivity index (χ3v) is 10.1. The summed E-state index contributed by atoms with van der Waals surface area (Å²) in [7, 11) is 0. The number of aromatic nitrogens is 2. The number of benzene rings is 3. The van der Waals surface area contributed by atoms with Crippen molar-refractivity contribution >= 4 is 51.7 Å². The number of fused-ring (bicyclic) bond motifs is 7. The normalized spacial score (nSPS) is 26.7. The molecule has 2 fully saturated rings. The van der Waals surface area contributed by atoms with Crippen LogP contribution in [-0.4, -0.2) is 50.4 Å². The first-order valence-electron chi connectivity index (χ1n) is 14.0. The Morgan fingerprint density at radius 3 is 2.71 bits per heavy atom. The van der Waals surface area contributed by atoms with Crippen molar-refractivity contribution in [2.45, 2.75) is 55.3 Å². The van der Waals surface area contributed by atoms with E-state index in [9.17, 15) is 14.7 Å². The molecule has 1 spiro atoms. The molecule has 1 aromatic heterocycles. The number of amides is 1. The summed E-state index contributed by atoms with van der Waals surface area (Å²) < 4.78 is 24.4. The number of rotatable bonds is 3. The zero-order valence-electron chi connectivity index (χ0n) is 22.2. The SMILES string of the molecule is O=C(O)c1ccc2c3n(nc2c1)[C@@H]1[C@H](CO3)N(C2CCCC2)[C@@]2(C(=O)Nc3cc(Cl)ccc32)[C@H]1c1cccc(Cl)c1F. The van der Waals surface area contributed by atoms with Crippen molar-refractivity contribution in [2.75, 3.05) is 11.9 Å². The second-order valence-electron chi connectivity index (χ2n) is 11.5. The van der Waals surface area contributed by atoms with Gasteiger partial charge in [0.05, 0.1) is 33.6 Å². The summed E-state index contributed by atoms with van der Waals surface area (Å²) >= 11 is 12.8. The molecule has 0 unspecified atom stereocenters. The van der Waals surface area contributed by atoms with E-state index in [4.69, 9.17) is 33.0 Å². The molecule has 8 rings (SSSR count). The summed E-state index contributed by atoms with van der Waals surface area (Å²) in [4.78, 5) is 28.6. The van der Waals surface area contributed by atoms with E-state index in [1.807, 2.05) is 6.07 Å². The van der Waals surface area contributed by atoms with Gasteiger partial charge >= 0.3 is 5.97 Å². The van der Waals surface area contributed by atoms with E-state index in [1.165, 1.54) is 18.2 Å². The van der Waals surface area contributed by atoms with E-state index in [0.29, 0.717) is 33.1 Å². The minimum atomic E-state index is -1.30. The van der Waals surface area contributed by atoms with Crippen LogP contribution in [0.1, 0.15) is 59.1 Å². The standard InChI is InChI=1S/C31H25Cl2FN4O4/c32-16-9-11-20-23(13-16)35-30(41)31(20)25(19-6-3-7-21(33)26(19)34)27-24(37(31)17-4-1-2-5-17)14-42-28-18-10-8-15(29(39)40)12-22(18)36-38(27)28/h3,6-13,17,24-25,27H,1-2,4-5,14H2,(H,35,41)(H,39,40)/t24-,25-,27+,31+/m0/s1. The Morgan fingerprint density at radius 2 is 1.93 bits per heavy atom. The van der Waals surface area contributed by atoms with Crippen molar-refractivity contribution in [1.82, 2.24) is 14.7 Å². The molecule has 1 aliphatic carbocycles. The van der Waals surface area contributed by atoms with Crippen LogP contribution in [0.3, 0.4) is 0 Å². The number of carboxylic acid groups (broad SMARTS) is 1. The lowest BCUT2D eigenvalue weighted by Crippen LogP contribution is -2.56. The van der Waals surface area contributed by atoms with Gasteiger partial charge in [0.25, 0.3) is 0 Å². The molecule has 214 valence electrons. The van der Waals surface area contributed by atoms with Crippen molar-refractivity contribution in [3.05, 3.63) is 87.2 Å². The largest absolute Gasteiger partial charge is 0.478 e. The number of hydrogen-bond acceptors (Lipinski definition) is 5. The molecule has 11 heteroatoms. The third-order valence-electron chi connectivity index (χ3n) is 9.54. The maximum atomic E-state index is 16.2. The van der Waals surface area contributed by atoms with Gasteiger partial charge in [0.15, 0.2) is 0 Å². The van der Waals surface area contributed by atoms with Gasteiger partial charge in [-0.1, -0.05) is 54.2 Å². The second kappa shape index (κ2) is 9.17. The molecule has 8 nitrogen and oxygen atoms in total. The lowest BCUT2D eigenvalue weighted by atomic mass is 9.73. The predicted molar refractivity (Wildman–Crippen MR) is 155 cm³/mol. The molecule has 1 amide bonds. The average Bonchev–Trinajstić information content (AvgIpc) is 3.73. The summed E-state index contributed by atoms with van der Waals surface area (Å²) in [6.45, 7) is 0.249. The quantitative estimate of drug-likeness (QED) is 0.281. The van der Waals surface area contributed by atoms with Crippen LogP contribution in [0.2, 0.25) is 10.0 Å². The molecule has 2 N–H and O–H groups in total. The summed E-state index contributed by atoms with van der Waals surface area (Å²) in [5.41, 5.74) is 0.893. The number of aromatic carboxylic acids is 1. The molecular weight excluding hydrogens is 582 g/mol. The number of ether oxygens (including phenoxy) is 1. The topological polar surface area (TPSA) is 96.7 Å². The summed E-state index contributed by atoms with van der Waals surface area (Å²) in [6.07, 6.45) is 3.83. The van der Waals surface area contributed by atoms with Gasteiger partial charge in [-0.2, -0.15) is 5.10 Å². The lowest BCUT2D eigenvalue weighted by Gasteiger charge is -2.43. The van der Waals surface area contributed by atoms with E-state index in [1.54, 1.807) is 35.0 Å². The highest BCUT2D eigenvalue weighted by Gasteiger charge is 2.70. The fourth-order valence-electron chi connectivity index (χ4n) is 8.03. The summed E-state index contributed by atoms with van der Waals surface area (Å²) in [5, 5.41) is 18.7. The van der Waals surface area contributed by atoms with Crippen molar-refractivity contribution in [2.24, 2.45) is 0 Å². The molecule has 0 bridgehead atoms. The number of halogens is 3. The van der Waals surface area contributed by atoms with Crippen LogP contribution in [0.5, 0.6) is 5.88 Å². The Kier molecular flexibility index (Phi) is 5.68. The number of anilines is 1. The number of hydrogen-bond donors (Lipinski definition) is 2. The van der Waals surface area contributed by atoms with Gasteiger partial charge in [0.2, 0.25) is 11.8 Å². The van der Waals surface area contributed by atoms with Crippen LogP contribution < -0.4 is 10.1 Å². The minimum Gasteiger partial charge on any atom is -0.478 e. The molecule has 4 aliphatic rings. The van der Waals surface area contributed by atoms with Crippen molar-refractivity contribution in [1.29, 1.82) is 0 Å². The van der Waals surface area contributed by atoms with Crippen LogP contribution >= 0.6 is 23.2 Å². The van der Waals surface area contributed by atoms with Gasteiger partial charge < -0.3 is 15.2 Å². The van der Waals surface area contributed by atoms with Crippen LogP contribution in [0.25, 0.3) is 10.9 Å². The van der Waals surface area contributed by atoms with Crippen molar-refractivity contribution in [3.8, 4) is 5.88 Å². The van der Waals surface area contributed by atoms with Crippen LogP contribution in [0.4, 0.5) is 10.1 Å². The smallest absolute Gasteiger partial charge is 0.335 e. The fourth-order valence-corrected chi connectivity index (χ4v) is 8.38. The van der Waals surface area contributed by atoms with Gasteiger partial charge in [-0.05, 0) is 54.8 Å². The first-order valence-corrected chi connectivity index (χ1v) is 14.8. The average molecular weight is 607 g/mol. The summed E-state index contributed by atoms with van der Waals surface area (Å²) in [6, 6.07) is 14.2. The maximum Gasteiger partial charge on any atom is 0.335 e. The highest BCUT2D eigenvalue weighted by atomic mass is 35.5. The van der Waals surface area contributed by atoms with E-state index >= 15 is 4.39 Å². The third kappa shape index (κ3) is 3.35. The molecule has 3 aliphatic heterocycles. The summed E-state index contributed by atoms with van der Waals surface area (Å²) in [5.74, 6) is -2.18. The Hall–Kier alpha value is -3.66. The van der Waals surface area contributed by atoms with Crippen molar-refractivity contribution in [3.63, 3.8) is 0 Å². The molecule has 0 radical (unpaired) electrons. The lowest BCUT2D eigenvalue weighted by molar-refractivity contribution is -0.130. The monoisotopic (exact) mass is 606 g/mol. The zero-order chi connectivity index (χ0) is 28.9. The van der Waals surface area contributed by atoms with Gasteiger partial charge in [0, 0.05) is 28.2 Å². The van der Waals surface area contributed by atoms with E-state index < -0.39 is 29.3 Å². The van der Waals surface area contributed by atoms with Gasteiger partial charge in [-0.25, -0.2) is 13.9 Å². The van der Waals surface area contributed by atoms with E-state index in [-0.39, 0.29) is 35.2 Å². The molecule has 4 atom stereocenters. The molecular formula is C31H25Cl2FN4O4. The van der Waals surface area contributed by atoms with E-state index in [2.05, 4.69) is 10.2 Å². The number of carbonyl (C=O) groups excluding carboxylic acids is 1. The van der Waals surface area contributed by atoms with Gasteiger partial charge in [-0.15, -0.1) is 0 Å². The molecule has 4 heterocycles. The number of carboxylic acids is 1. The molecule has 3 aromatic carbocycles. The number of nitrogens with zero attached hydrogens (tertiary/aromatic N) is 3. The van der Waals surface area contributed by atoms with Crippen LogP contribution in [-0.2, 0) is 10.3 Å². The first-order chi connectivity index (χ1) is 20.3. The Bertz CT molecular complexity index is 1820. The van der Waals surface area contributed by atoms with Gasteiger partial charge in [-0.3, -0.25) is 9.69 Å². The Morgan fingerprint density at radius 1 is 1.12 bits per heavy atom. The Balaban J connectivity index is 1.45. The number of carbonyl (C=O) groups is 2. The first kappa shape index (κ1) is 26.0. The van der Waals surface area contributed by atoms with Crippen LogP contribution in [0, 0.1) is 5.82 Å². The van der Waals surface area contributed by atoms with Crippen LogP contribution in [0.15, 0.2) is 54.6 Å². The predicted octanol–water partition coefficient (Wildman–Crippen LogP) is 6.37. The number of likely N-dealkylation sites (tertiary alicyclic amines) is 1. The molecule has 1 saturated carbocycles. The second-order valence-corrected chi connectivity index (χ2v) is 12.4. The van der Waals surface area contributed by atoms with Gasteiger partial charge in [0.1, 0.15) is 18.0 Å². The Labute approximate surface area is 250 Å². The van der Waals surface area contributed by atoms with Crippen molar-refractivity contribution < 1.29 is 23.8 Å². The molecule has 1 saturated heterocycles. The highest BCUT2D eigenvalue weighted by molar-refractivity contribution is 6.31. The maximum absolute atomic E-state index is 16.2. The minimum absolute atomic E-state index is 0.0303. The zero-order valence-corrected chi connectivity index (χ0v) is 23.7. The highest BCUT2D eigenvalue weighted by Crippen LogP contribution is 2.64. The molecule has 42 heavy (non-hydrogen) atoms. The number of nitrogens with one attached hydrogen (secondary N) is 1. The fraction of sp³-hybridized carbons (Fsp3) is 0.323. The molecule has 4 aromatic rings.